The second-order valence-electron chi connectivity index (χ2n) is 2.58. The molecule has 4 heteroatoms. The van der Waals surface area contributed by atoms with Crippen molar-refractivity contribution in [2.45, 2.75) is 32.2 Å². The minimum atomic E-state index is -0.832. The third kappa shape index (κ3) is 5.85. The molecule has 0 aliphatic carbocycles. The molecule has 62 valence electrons. The van der Waals surface area contributed by atoms with Crippen molar-refractivity contribution in [2.75, 3.05) is 0 Å². The third-order valence-corrected chi connectivity index (χ3v) is 1.36. The summed E-state index contributed by atoms with van der Waals surface area (Å²) >= 11 is 0. The Hall–Kier alpha value is -0.280. The van der Waals surface area contributed by atoms with Gasteiger partial charge >= 0.3 is 5.97 Å². The van der Waals surface area contributed by atoms with Crippen molar-refractivity contribution in [3.8, 4) is 0 Å². The molecule has 0 fully saturated rings. The van der Waals surface area contributed by atoms with Gasteiger partial charge in [-0.1, -0.05) is 6.92 Å². The monoisotopic (exact) mass is 167 g/mol. The van der Waals surface area contributed by atoms with E-state index >= 15 is 0 Å². The lowest BCUT2D eigenvalue weighted by atomic mass is 9.96. The number of carboxylic acid groups (broad SMARTS) is 1. The smallest absolute Gasteiger partial charge is 0.305 e. The van der Waals surface area contributed by atoms with E-state index in [1.165, 1.54) is 0 Å². The topological polar surface area (TPSA) is 63.3 Å². The van der Waals surface area contributed by atoms with Crippen molar-refractivity contribution < 1.29 is 9.90 Å². The van der Waals surface area contributed by atoms with Gasteiger partial charge in [-0.25, -0.2) is 0 Å². The maximum absolute atomic E-state index is 10.1. The van der Waals surface area contributed by atoms with Crippen LogP contribution in [-0.4, -0.2) is 16.6 Å². The van der Waals surface area contributed by atoms with Gasteiger partial charge in [0.2, 0.25) is 0 Å². The van der Waals surface area contributed by atoms with E-state index in [0.717, 1.165) is 0 Å². The first kappa shape index (κ1) is 12.4. The van der Waals surface area contributed by atoms with Gasteiger partial charge in [0.05, 0.1) is 6.42 Å². The standard InChI is InChI=1S/C6H13NO2.ClH/c1-3-6(2,7)4-5(8)9;/h3-4,7H2,1-2H3,(H,8,9);1H. The molecule has 0 saturated carbocycles. The highest BCUT2D eigenvalue weighted by Gasteiger charge is 2.18. The fraction of sp³-hybridized carbons (Fsp3) is 0.833. The van der Waals surface area contributed by atoms with Crippen LogP contribution in [0.4, 0.5) is 0 Å². The predicted molar refractivity (Wildman–Crippen MR) is 42.4 cm³/mol. The molecule has 10 heavy (non-hydrogen) atoms. The van der Waals surface area contributed by atoms with E-state index < -0.39 is 11.5 Å². The molecule has 0 aromatic rings. The molecular formula is C6H14ClNO2. The van der Waals surface area contributed by atoms with E-state index in [0.29, 0.717) is 6.42 Å². The van der Waals surface area contributed by atoms with Crippen molar-refractivity contribution >= 4 is 18.4 Å². The number of nitrogens with two attached hydrogens (primary N) is 1. The van der Waals surface area contributed by atoms with Crippen LogP contribution in [0, 0.1) is 0 Å². The molecule has 0 aliphatic rings. The molecule has 0 aromatic carbocycles. The minimum absolute atomic E-state index is 0. The van der Waals surface area contributed by atoms with Crippen LogP contribution >= 0.6 is 12.4 Å². The van der Waals surface area contributed by atoms with E-state index in [1.54, 1.807) is 6.92 Å². The molecule has 0 heterocycles. The number of carbonyl (C=O) groups is 1. The molecule has 0 spiro atoms. The highest BCUT2D eigenvalue weighted by Crippen LogP contribution is 2.08. The zero-order chi connectivity index (χ0) is 7.49. The summed E-state index contributed by atoms with van der Waals surface area (Å²) < 4.78 is 0. The molecule has 0 aliphatic heterocycles. The van der Waals surface area contributed by atoms with Crippen LogP contribution in [0.15, 0.2) is 0 Å². The van der Waals surface area contributed by atoms with Crippen molar-refractivity contribution in [2.24, 2.45) is 5.73 Å². The molecule has 0 bridgehead atoms. The van der Waals surface area contributed by atoms with E-state index in [1.807, 2.05) is 6.92 Å². The van der Waals surface area contributed by atoms with Crippen molar-refractivity contribution in [1.29, 1.82) is 0 Å². The Labute approximate surface area is 67.0 Å². The summed E-state index contributed by atoms with van der Waals surface area (Å²) in [7, 11) is 0. The Morgan fingerprint density at radius 2 is 2.10 bits per heavy atom. The summed E-state index contributed by atoms with van der Waals surface area (Å²) in [5.41, 5.74) is 5.00. The van der Waals surface area contributed by atoms with Crippen LogP contribution in [0.25, 0.3) is 0 Å². The quantitative estimate of drug-likeness (QED) is 0.660. The molecule has 3 N–H and O–H groups in total. The van der Waals surface area contributed by atoms with Crippen LogP contribution in [0.2, 0.25) is 0 Å². The number of hydrogen-bond donors (Lipinski definition) is 2. The Bertz CT molecular complexity index is 114. The summed E-state index contributed by atoms with van der Waals surface area (Å²) in [5, 5.41) is 8.30. The van der Waals surface area contributed by atoms with Crippen molar-refractivity contribution in [3.63, 3.8) is 0 Å². The number of hydrogen-bond acceptors (Lipinski definition) is 2. The molecule has 1 atom stereocenters. The highest BCUT2D eigenvalue weighted by molar-refractivity contribution is 5.85. The van der Waals surface area contributed by atoms with Crippen LogP contribution in [-0.2, 0) is 4.79 Å². The van der Waals surface area contributed by atoms with Crippen molar-refractivity contribution in [3.05, 3.63) is 0 Å². The summed E-state index contributed by atoms with van der Waals surface area (Å²) in [6.45, 7) is 3.62. The molecule has 3 nitrogen and oxygen atoms in total. The molecular weight excluding hydrogens is 154 g/mol. The molecule has 1 unspecified atom stereocenters. The van der Waals surface area contributed by atoms with Gasteiger partial charge in [-0.15, -0.1) is 12.4 Å². The second-order valence-corrected chi connectivity index (χ2v) is 2.58. The molecule has 0 aromatic heterocycles. The van der Waals surface area contributed by atoms with E-state index in [4.69, 9.17) is 10.8 Å². The summed E-state index contributed by atoms with van der Waals surface area (Å²) in [5.74, 6) is -0.832. The first-order chi connectivity index (χ1) is 3.98. The molecule has 0 rings (SSSR count). The van der Waals surface area contributed by atoms with Crippen LogP contribution in [0.3, 0.4) is 0 Å². The first-order valence-corrected chi connectivity index (χ1v) is 2.98. The lowest BCUT2D eigenvalue weighted by Gasteiger charge is -2.19. The van der Waals surface area contributed by atoms with Gasteiger partial charge in [0.15, 0.2) is 0 Å². The van der Waals surface area contributed by atoms with Gasteiger partial charge in [-0.2, -0.15) is 0 Å². The molecule has 0 amide bonds. The highest BCUT2D eigenvalue weighted by atomic mass is 35.5. The third-order valence-electron chi connectivity index (χ3n) is 1.36. The van der Waals surface area contributed by atoms with Gasteiger partial charge < -0.3 is 10.8 Å². The van der Waals surface area contributed by atoms with E-state index in [9.17, 15) is 4.79 Å². The normalized spacial score (nSPS) is 15.1. The minimum Gasteiger partial charge on any atom is -0.481 e. The number of halogens is 1. The largest absolute Gasteiger partial charge is 0.481 e. The number of carboxylic acids is 1. The number of rotatable bonds is 3. The fourth-order valence-electron chi connectivity index (χ4n) is 0.470. The fourth-order valence-corrected chi connectivity index (χ4v) is 0.470. The van der Waals surface area contributed by atoms with Crippen LogP contribution in [0.5, 0.6) is 0 Å². The van der Waals surface area contributed by atoms with Gasteiger partial charge in [0.25, 0.3) is 0 Å². The summed E-state index contributed by atoms with van der Waals surface area (Å²) in [6.07, 6.45) is 0.739. The summed E-state index contributed by atoms with van der Waals surface area (Å²) in [4.78, 5) is 10.1. The molecule has 0 saturated heterocycles. The average Bonchev–Trinajstić information content (AvgIpc) is 1.63. The van der Waals surface area contributed by atoms with E-state index in [-0.39, 0.29) is 18.8 Å². The average molecular weight is 168 g/mol. The Kier molecular flexibility index (Phi) is 5.61. The first-order valence-electron chi connectivity index (χ1n) is 2.98. The Morgan fingerprint density at radius 1 is 1.70 bits per heavy atom. The Balaban J connectivity index is 0. The van der Waals surface area contributed by atoms with Crippen LogP contribution in [0.1, 0.15) is 26.7 Å². The SMILES string of the molecule is CCC(C)(N)CC(=O)O.Cl. The lowest BCUT2D eigenvalue weighted by molar-refractivity contribution is -0.138. The van der Waals surface area contributed by atoms with Crippen LogP contribution < -0.4 is 5.73 Å². The Morgan fingerprint density at radius 3 is 2.20 bits per heavy atom. The van der Waals surface area contributed by atoms with Gasteiger partial charge in [0.1, 0.15) is 0 Å². The predicted octanol–water partition coefficient (Wildman–Crippen LogP) is 1.01. The van der Waals surface area contributed by atoms with Gasteiger partial charge in [-0.3, -0.25) is 4.79 Å². The zero-order valence-corrected chi connectivity index (χ0v) is 7.07. The number of aliphatic carboxylic acids is 1. The molecule has 0 radical (unpaired) electrons. The summed E-state index contributed by atoms with van der Waals surface area (Å²) in [6, 6.07) is 0. The zero-order valence-electron chi connectivity index (χ0n) is 6.26. The van der Waals surface area contributed by atoms with E-state index in [2.05, 4.69) is 0 Å². The second kappa shape index (κ2) is 4.52. The maximum Gasteiger partial charge on any atom is 0.305 e. The lowest BCUT2D eigenvalue weighted by Crippen LogP contribution is -2.37. The van der Waals surface area contributed by atoms with Crippen molar-refractivity contribution in [1.82, 2.24) is 0 Å². The maximum atomic E-state index is 10.1. The van der Waals surface area contributed by atoms with Gasteiger partial charge in [0, 0.05) is 5.54 Å². The van der Waals surface area contributed by atoms with Gasteiger partial charge in [-0.05, 0) is 13.3 Å².